The largest absolute Gasteiger partial charge is 0.313 e. The molecule has 4 nitrogen and oxygen atoms in total. The first-order valence-corrected chi connectivity index (χ1v) is 8.50. The monoisotopic (exact) mass is 260 g/mol. The van der Waals surface area contributed by atoms with E-state index >= 15 is 0 Å². The lowest BCUT2D eigenvalue weighted by Gasteiger charge is -2.24. The third-order valence-corrected chi connectivity index (χ3v) is 5.87. The molecule has 100 valence electrons. The van der Waals surface area contributed by atoms with E-state index in [4.69, 9.17) is 0 Å². The van der Waals surface area contributed by atoms with E-state index in [2.05, 4.69) is 10.6 Å². The molecule has 1 aliphatic heterocycles. The van der Waals surface area contributed by atoms with Gasteiger partial charge >= 0.3 is 0 Å². The van der Waals surface area contributed by atoms with Crippen molar-refractivity contribution in [3.63, 3.8) is 0 Å². The molecule has 0 radical (unpaired) electrons. The van der Waals surface area contributed by atoms with Crippen LogP contribution in [0.5, 0.6) is 0 Å². The van der Waals surface area contributed by atoms with Crippen molar-refractivity contribution < 1.29 is 8.42 Å². The van der Waals surface area contributed by atoms with Crippen LogP contribution < -0.4 is 10.6 Å². The molecule has 1 unspecified atom stereocenters. The smallest absolute Gasteiger partial charge is 0.152 e. The van der Waals surface area contributed by atoms with Crippen LogP contribution in [0.4, 0.5) is 0 Å². The fraction of sp³-hybridized carbons (Fsp3) is 1.00. The van der Waals surface area contributed by atoms with E-state index in [-0.39, 0.29) is 5.54 Å². The fourth-order valence-electron chi connectivity index (χ4n) is 2.92. The highest BCUT2D eigenvalue weighted by Gasteiger charge is 2.37. The minimum absolute atomic E-state index is 0.198. The highest BCUT2D eigenvalue weighted by atomic mass is 32.2. The zero-order chi connectivity index (χ0) is 12.4. The van der Waals surface area contributed by atoms with E-state index in [1.165, 1.54) is 25.7 Å². The Morgan fingerprint density at radius 2 is 1.94 bits per heavy atom. The van der Waals surface area contributed by atoms with Gasteiger partial charge in [0, 0.05) is 24.7 Å². The Hall–Kier alpha value is -0.130. The number of hydrogen-bond donors (Lipinski definition) is 2. The van der Waals surface area contributed by atoms with Gasteiger partial charge < -0.3 is 10.6 Å². The first-order valence-electron chi connectivity index (χ1n) is 6.68. The third-order valence-electron chi connectivity index (χ3n) is 3.97. The molecule has 0 amide bonds. The second kappa shape index (κ2) is 5.24. The number of rotatable bonds is 5. The van der Waals surface area contributed by atoms with Crippen LogP contribution in [0.15, 0.2) is 0 Å². The highest BCUT2D eigenvalue weighted by molar-refractivity contribution is 7.91. The molecule has 1 atom stereocenters. The molecule has 2 aliphatic rings. The van der Waals surface area contributed by atoms with Crippen molar-refractivity contribution in [3.8, 4) is 0 Å². The Kier molecular flexibility index (Phi) is 4.10. The molecule has 5 heteroatoms. The molecular weight excluding hydrogens is 236 g/mol. The summed E-state index contributed by atoms with van der Waals surface area (Å²) >= 11 is 0. The van der Waals surface area contributed by atoms with Crippen LogP contribution in [0.3, 0.4) is 0 Å². The predicted octanol–water partition coefficient (Wildman–Crippen LogP) is 0.685. The molecule has 0 aromatic rings. The predicted molar refractivity (Wildman–Crippen MR) is 69.9 cm³/mol. The Balaban J connectivity index is 1.64. The zero-order valence-corrected chi connectivity index (χ0v) is 11.5. The van der Waals surface area contributed by atoms with Gasteiger partial charge in [-0.15, -0.1) is 0 Å². The van der Waals surface area contributed by atoms with Crippen molar-refractivity contribution >= 4 is 9.84 Å². The maximum absolute atomic E-state index is 11.4. The number of sulfone groups is 1. The van der Waals surface area contributed by atoms with Crippen molar-refractivity contribution in [2.45, 2.75) is 50.6 Å². The molecule has 1 saturated carbocycles. The molecule has 17 heavy (non-hydrogen) atoms. The molecule has 0 bridgehead atoms. The summed E-state index contributed by atoms with van der Waals surface area (Å²) in [6.45, 7) is 3.83. The topological polar surface area (TPSA) is 58.2 Å². The van der Waals surface area contributed by atoms with Crippen LogP contribution in [0.2, 0.25) is 0 Å². The fourth-order valence-corrected chi connectivity index (χ4v) is 5.04. The normalized spacial score (nSPS) is 33.2. The standard InChI is InChI=1S/C12H24N2O2S/c1-12(6-9-17(15,16)10-12)14-8-7-13-11-4-2-3-5-11/h11,13-14H,2-10H2,1H3. The maximum atomic E-state index is 11.4. The van der Waals surface area contributed by atoms with E-state index in [0.29, 0.717) is 17.5 Å². The molecule has 2 N–H and O–H groups in total. The summed E-state index contributed by atoms with van der Waals surface area (Å²) in [5, 5.41) is 6.93. The van der Waals surface area contributed by atoms with E-state index in [1.807, 2.05) is 6.92 Å². The molecule has 1 heterocycles. The second-order valence-corrected chi connectivity index (χ2v) is 7.95. The highest BCUT2D eigenvalue weighted by Crippen LogP contribution is 2.22. The number of nitrogens with one attached hydrogen (secondary N) is 2. The summed E-state index contributed by atoms with van der Waals surface area (Å²) in [5.41, 5.74) is -0.198. The molecule has 0 aromatic carbocycles. The van der Waals surface area contributed by atoms with Gasteiger partial charge in [0.05, 0.1) is 11.5 Å². The van der Waals surface area contributed by atoms with Crippen molar-refractivity contribution in [2.75, 3.05) is 24.6 Å². The van der Waals surface area contributed by atoms with E-state index in [0.717, 1.165) is 19.5 Å². The third kappa shape index (κ3) is 3.93. The van der Waals surface area contributed by atoms with Gasteiger partial charge in [-0.3, -0.25) is 0 Å². The summed E-state index contributed by atoms with van der Waals surface area (Å²) < 4.78 is 22.9. The zero-order valence-electron chi connectivity index (χ0n) is 10.7. The summed E-state index contributed by atoms with van der Waals surface area (Å²) in [4.78, 5) is 0. The van der Waals surface area contributed by atoms with E-state index in [1.54, 1.807) is 0 Å². The number of hydrogen-bond acceptors (Lipinski definition) is 4. The lowest BCUT2D eigenvalue weighted by molar-refractivity contribution is 0.386. The first-order chi connectivity index (χ1) is 7.99. The molecule has 1 saturated heterocycles. The molecule has 0 aromatic heterocycles. The molecule has 0 spiro atoms. The second-order valence-electron chi connectivity index (χ2n) is 5.76. The molecule has 2 fully saturated rings. The van der Waals surface area contributed by atoms with Crippen molar-refractivity contribution in [2.24, 2.45) is 0 Å². The minimum Gasteiger partial charge on any atom is -0.313 e. The van der Waals surface area contributed by atoms with Crippen molar-refractivity contribution in [1.29, 1.82) is 0 Å². The van der Waals surface area contributed by atoms with Gasteiger partial charge in [0.15, 0.2) is 9.84 Å². The van der Waals surface area contributed by atoms with E-state index in [9.17, 15) is 8.42 Å². The lowest BCUT2D eigenvalue weighted by Crippen LogP contribution is -2.46. The van der Waals surface area contributed by atoms with Gasteiger partial charge in [0.2, 0.25) is 0 Å². The van der Waals surface area contributed by atoms with Crippen molar-refractivity contribution in [3.05, 3.63) is 0 Å². The van der Waals surface area contributed by atoms with Gasteiger partial charge in [0.25, 0.3) is 0 Å². The Morgan fingerprint density at radius 1 is 1.24 bits per heavy atom. The van der Waals surface area contributed by atoms with E-state index < -0.39 is 9.84 Å². The summed E-state index contributed by atoms with van der Waals surface area (Å²) in [6, 6.07) is 0.692. The Labute approximate surface area is 104 Å². The Morgan fingerprint density at radius 3 is 2.53 bits per heavy atom. The molecule has 1 aliphatic carbocycles. The van der Waals surface area contributed by atoms with Gasteiger partial charge in [0.1, 0.15) is 0 Å². The quantitative estimate of drug-likeness (QED) is 0.714. The van der Waals surface area contributed by atoms with Gasteiger partial charge in [-0.05, 0) is 26.2 Å². The molecular formula is C12H24N2O2S. The van der Waals surface area contributed by atoms with Gasteiger partial charge in [-0.1, -0.05) is 12.8 Å². The average Bonchev–Trinajstić information content (AvgIpc) is 2.82. The maximum Gasteiger partial charge on any atom is 0.152 e. The van der Waals surface area contributed by atoms with Crippen LogP contribution in [-0.4, -0.2) is 44.6 Å². The average molecular weight is 260 g/mol. The summed E-state index contributed by atoms with van der Waals surface area (Å²) in [7, 11) is -2.79. The summed E-state index contributed by atoms with van der Waals surface area (Å²) in [5.74, 6) is 0.635. The van der Waals surface area contributed by atoms with Crippen molar-refractivity contribution in [1.82, 2.24) is 10.6 Å². The SMILES string of the molecule is CC1(NCCNC2CCCC2)CCS(=O)(=O)C1. The van der Waals surface area contributed by atoms with Crippen LogP contribution >= 0.6 is 0 Å². The minimum atomic E-state index is -2.79. The van der Waals surface area contributed by atoms with Crippen LogP contribution in [0, 0.1) is 0 Å². The lowest BCUT2D eigenvalue weighted by atomic mass is 10.0. The van der Waals surface area contributed by atoms with Crippen LogP contribution in [0.1, 0.15) is 39.0 Å². The van der Waals surface area contributed by atoms with Crippen LogP contribution in [0.25, 0.3) is 0 Å². The molecule has 2 rings (SSSR count). The Bertz CT molecular complexity index is 350. The first kappa shape index (κ1) is 13.3. The summed E-state index contributed by atoms with van der Waals surface area (Å²) in [6.07, 6.45) is 6.04. The van der Waals surface area contributed by atoms with Gasteiger partial charge in [-0.2, -0.15) is 0 Å². The van der Waals surface area contributed by atoms with Crippen LogP contribution in [-0.2, 0) is 9.84 Å². The van der Waals surface area contributed by atoms with Gasteiger partial charge in [-0.25, -0.2) is 8.42 Å².